The molecule has 0 saturated heterocycles. The van der Waals surface area contributed by atoms with Crippen LogP contribution in [0.25, 0.3) is 10.8 Å². The Bertz CT molecular complexity index is 3110. The second-order valence-electron chi connectivity index (χ2n) is 15.0. The number of nitrogens with zero attached hydrogens (tertiary/aromatic N) is 8. The molecule has 4 aromatic carbocycles. The molecule has 0 bridgehead atoms. The first kappa shape index (κ1) is 42.2. The Labute approximate surface area is 354 Å². The van der Waals surface area contributed by atoms with E-state index in [-0.39, 0.29) is 22.5 Å². The van der Waals surface area contributed by atoms with E-state index in [0.717, 1.165) is 30.2 Å². The average Bonchev–Trinajstić information content (AvgIpc) is 3.88. The first-order valence-corrected chi connectivity index (χ1v) is 20.6. The maximum atomic E-state index is 14.7. The van der Waals surface area contributed by atoms with Crippen LogP contribution in [0.15, 0.2) is 101 Å². The van der Waals surface area contributed by atoms with Gasteiger partial charge in [-0.05, 0) is 72.6 Å². The van der Waals surface area contributed by atoms with Gasteiger partial charge in [0.15, 0.2) is 15.4 Å². The number of hydrogen-bond acceptors (Lipinski definition) is 13. The van der Waals surface area contributed by atoms with Gasteiger partial charge in [-0.25, -0.2) is 27.6 Å². The molecule has 3 unspecified atom stereocenters. The molecule has 3 atom stereocenters. The van der Waals surface area contributed by atoms with E-state index in [2.05, 4.69) is 46.5 Å². The van der Waals surface area contributed by atoms with Gasteiger partial charge in [-0.3, -0.25) is 14.3 Å². The minimum Gasteiger partial charge on any atom is -0.379 e. The van der Waals surface area contributed by atoms with E-state index in [0.29, 0.717) is 46.6 Å². The third-order valence-electron chi connectivity index (χ3n) is 10.5. The lowest BCUT2D eigenvalue weighted by Gasteiger charge is -2.33. The summed E-state index contributed by atoms with van der Waals surface area (Å²) in [5.74, 6) is -2.82. The first-order valence-electron chi connectivity index (χ1n) is 18.9. The second-order valence-corrected chi connectivity index (χ2v) is 17.0. The van der Waals surface area contributed by atoms with Gasteiger partial charge in [-0.15, -0.1) is 5.10 Å². The number of nitrogens with one attached hydrogen (secondary N) is 4. The zero-order chi connectivity index (χ0) is 44.8. The number of amides is 1. The molecule has 3 aromatic heterocycles. The van der Waals surface area contributed by atoms with Crippen LogP contribution in [0, 0.1) is 17.1 Å². The van der Waals surface area contributed by atoms with Gasteiger partial charge >= 0.3 is 6.18 Å². The fourth-order valence-corrected chi connectivity index (χ4v) is 8.98. The van der Waals surface area contributed by atoms with E-state index in [4.69, 9.17) is 5.26 Å². The summed E-state index contributed by atoms with van der Waals surface area (Å²) in [6.45, 7) is 1.51. The fourth-order valence-electron chi connectivity index (χ4n) is 7.40. The van der Waals surface area contributed by atoms with Crippen LogP contribution in [0.2, 0.25) is 0 Å². The summed E-state index contributed by atoms with van der Waals surface area (Å²) in [4.78, 5) is 29.7. The van der Waals surface area contributed by atoms with Gasteiger partial charge in [0.2, 0.25) is 0 Å². The third-order valence-corrected chi connectivity index (χ3v) is 12.4. The fraction of sp³-hybridized carbons (Fsp3) is 0.220. The van der Waals surface area contributed by atoms with Gasteiger partial charge in [0.05, 0.1) is 70.2 Å². The molecule has 7 aromatic rings. The van der Waals surface area contributed by atoms with Crippen molar-refractivity contribution in [1.82, 2.24) is 40.0 Å². The van der Waals surface area contributed by atoms with E-state index >= 15 is 0 Å². The molecule has 0 fully saturated rings. The number of nitriles is 1. The van der Waals surface area contributed by atoms with Crippen molar-refractivity contribution in [2.24, 2.45) is 7.05 Å². The second kappa shape index (κ2) is 16.1. The van der Waals surface area contributed by atoms with Crippen molar-refractivity contribution in [3.63, 3.8) is 0 Å². The number of hydrogen-bond donors (Lipinski definition) is 5. The van der Waals surface area contributed by atoms with Gasteiger partial charge < -0.3 is 21.1 Å². The maximum absolute atomic E-state index is 14.7. The molecule has 0 spiro atoms. The summed E-state index contributed by atoms with van der Waals surface area (Å²) in [5, 5.41) is 48.7. The molecule has 1 aliphatic heterocycles. The monoisotopic (exact) mass is 882 g/mol. The number of aryl methyl sites for hydroxylation is 1. The molecule has 22 heteroatoms. The van der Waals surface area contributed by atoms with Crippen LogP contribution in [-0.4, -0.2) is 70.7 Å². The van der Waals surface area contributed by atoms with Crippen molar-refractivity contribution < 1.29 is 35.9 Å². The number of rotatable bonds is 12. The highest BCUT2D eigenvalue weighted by atomic mass is 32.2. The normalized spacial score (nSPS) is 15.9. The molecule has 63 heavy (non-hydrogen) atoms. The Hall–Kier alpha value is -7.51. The highest BCUT2D eigenvalue weighted by molar-refractivity contribution is 7.91. The lowest BCUT2D eigenvalue weighted by Crippen LogP contribution is -2.45. The van der Waals surface area contributed by atoms with E-state index in [1.54, 1.807) is 22.6 Å². The summed E-state index contributed by atoms with van der Waals surface area (Å²) in [5.41, 5.74) is -1.64. The number of aromatic amines is 1. The number of H-pyrrole nitrogens is 1. The Kier molecular flexibility index (Phi) is 10.8. The Morgan fingerprint density at radius 1 is 1.03 bits per heavy atom. The van der Waals surface area contributed by atoms with Crippen LogP contribution < -0.4 is 21.5 Å². The van der Waals surface area contributed by atoms with Crippen molar-refractivity contribution in [3.05, 3.63) is 147 Å². The topological polar surface area (TPSA) is 238 Å². The number of aliphatic hydroxyl groups is 1. The van der Waals surface area contributed by atoms with E-state index in [9.17, 15) is 40.7 Å². The Morgan fingerprint density at radius 2 is 1.76 bits per heavy atom. The Balaban J connectivity index is 0.890. The molecule has 4 heterocycles. The van der Waals surface area contributed by atoms with E-state index in [1.165, 1.54) is 48.8 Å². The summed E-state index contributed by atoms with van der Waals surface area (Å²) < 4.78 is 84.5. The standard InChI is InChI=1S/C41H34F4N12O5S/c1-40(60,39(59)50-27-8-7-24(16-46)31(15-27)41(43,44)45)20-63(61,62)29-11-9-26(10-12-29)47-17-28-19-57(55-52-28)18-22-3-5-23(6-4-22)35-34(37-48-21-49-56(37)2)36-33-30(38(58)54-53-36)13-25(42)14-32(33)51-35/h3-15,19,21,34-35,47,51,60H,17-18,20H2,1-2H3,(H,50,59)(H,54,58). The molecular formula is C41H34F4N12O5S. The minimum atomic E-state index is -4.90. The number of aromatic nitrogens is 8. The van der Waals surface area contributed by atoms with Crippen LogP contribution in [0.4, 0.5) is 34.6 Å². The summed E-state index contributed by atoms with van der Waals surface area (Å²) in [6, 6.07) is 19.1. The van der Waals surface area contributed by atoms with Crippen LogP contribution in [0.3, 0.4) is 0 Å². The van der Waals surface area contributed by atoms with Gasteiger partial charge in [-0.2, -0.15) is 28.6 Å². The lowest BCUT2D eigenvalue weighted by molar-refractivity contribution is -0.137. The minimum absolute atomic E-state index is 0.171. The summed E-state index contributed by atoms with van der Waals surface area (Å²) in [7, 11) is -2.52. The number of halogens is 4. The molecule has 322 valence electrons. The highest BCUT2D eigenvalue weighted by Crippen LogP contribution is 2.46. The predicted octanol–water partition coefficient (Wildman–Crippen LogP) is 4.80. The SMILES string of the molecule is Cn1ncnc1C1c2n[nH]c(=O)c3cc(F)cc(c23)NC1c1ccc(Cn2cc(CNc3ccc(S(=O)(=O)CC(C)(O)C(=O)Nc4ccc(C#N)c(C(F)(F)F)c4)cc3)nn2)cc1. The number of alkyl halides is 3. The zero-order valence-electron chi connectivity index (χ0n) is 33.0. The van der Waals surface area contributed by atoms with Crippen molar-refractivity contribution in [3.8, 4) is 6.07 Å². The number of anilines is 3. The average molecular weight is 883 g/mol. The third kappa shape index (κ3) is 8.55. The molecule has 1 aliphatic rings. The molecule has 5 N–H and O–H groups in total. The lowest BCUT2D eigenvalue weighted by atomic mass is 9.83. The highest BCUT2D eigenvalue weighted by Gasteiger charge is 2.39. The van der Waals surface area contributed by atoms with Gasteiger partial charge in [0.25, 0.3) is 11.5 Å². The quantitative estimate of drug-likeness (QED) is 0.104. The van der Waals surface area contributed by atoms with Gasteiger partial charge in [0, 0.05) is 29.5 Å². The zero-order valence-corrected chi connectivity index (χ0v) is 33.8. The number of sulfone groups is 1. The van der Waals surface area contributed by atoms with Gasteiger partial charge in [0.1, 0.15) is 23.7 Å². The van der Waals surface area contributed by atoms with Crippen molar-refractivity contribution in [2.75, 3.05) is 21.7 Å². The Morgan fingerprint density at radius 3 is 2.44 bits per heavy atom. The van der Waals surface area contributed by atoms with Crippen molar-refractivity contribution in [2.45, 2.75) is 48.6 Å². The summed E-state index contributed by atoms with van der Waals surface area (Å²) >= 11 is 0. The maximum Gasteiger partial charge on any atom is 0.417 e. The number of benzene rings is 4. The van der Waals surface area contributed by atoms with Crippen molar-refractivity contribution in [1.29, 1.82) is 5.26 Å². The van der Waals surface area contributed by atoms with E-state index in [1.807, 2.05) is 24.3 Å². The molecule has 8 rings (SSSR count). The van der Waals surface area contributed by atoms with Crippen LogP contribution >= 0.6 is 0 Å². The van der Waals surface area contributed by atoms with Crippen LogP contribution in [0.1, 0.15) is 58.3 Å². The number of carbonyl (C=O) groups excluding carboxylic acids is 1. The van der Waals surface area contributed by atoms with E-state index < -0.39 is 67.7 Å². The van der Waals surface area contributed by atoms with Crippen LogP contribution in [0.5, 0.6) is 0 Å². The molecule has 0 aliphatic carbocycles. The molecular weight excluding hydrogens is 849 g/mol. The number of carbonyl (C=O) groups is 1. The molecule has 0 radical (unpaired) electrons. The largest absolute Gasteiger partial charge is 0.417 e. The van der Waals surface area contributed by atoms with Crippen molar-refractivity contribution >= 4 is 43.6 Å². The van der Waals surface area contributed by atoms with Gasteiger partial charge in [-0.1, -0.05) is 29.5 Å². The first-order chi connectivity index (χ1) is 29.9. The predicted molar refractivity (Wildman–Crippen MR) is 218 cm³/mol. The molecule has 17 nitrogen and oxygen atoms in total. The molecule has 0 saturated carbocycles. The summed E-state index contributed by atoms with van der Waals surface area (Å²) in [6.07, 6.45) is -1.73. The smallest absolute Gasteiger partial charge is 0.379 e. The van der Waals surface area contributed by atoms with Crippen LogP contribution in [-0.2, 0) is 40.9 Å². The molecule has 1 amide bonds.